The summed E-state index contributed by atoms with van der Waals surface area (Å²) >= 11 is 1.10. The van der Waals surface area contributed by atoms with Gasteiger partial charge in [0.05, 0.1) is 34.3 Å². The van der Waals surface area contributed by atoms with Crippen molar-refractivity contribution >= 4 is 44.3 Å². The molecule has 0 radical (unpaired) electrons. The van der Waals surface area contributed by atoms with Gasteiger partial charge in [-0.2, -0.15) is 0 Å². The number of thioether (sulfide) groups is 1. The largest absolute Gasteiger partial charge is 0.497 e. The summed E-state index contributed by atoms with van der Waals surface area (Å²) in [5, 5.41) is 3.51. The van der Waals surface area contributed by atoms with E-state index in [0.29, 0.717) is 33.2 Å². The van der Waals surface area contributed by atoms with Gasteiger partial charge in [-0.25, -0.2) is 17.7 Å². The number of fused-ring (bicyclic) bond motifs is 1. The van der Waals surface area contributed by atoms with Crippen LogP contribution in [-0.2, 0) is 14.8 Å². The summed E-state index contributed by atoms with van der Waals surface area (Å²) in [4.78, 5) is 30.8. The number of carbonyl (C=O) groups excluding carboxylic acids is 1. The highest BCUT2D eigenvalue weighted by Crippen LogP contribution is 2.24. The lowest BCUT2D eigenvalue weighted by atomic mass is 10.2. The maximum absolute atomic E-state index is 13.4. The summed E-state index contributed by atoms with van der Waals surface area (Å²) in [7, 11) is 0.782. The van der Waals surface area contributed by atoms with Gasteiger partial charge in [0.25, 0.3) is 5.56 Å². The number of hydrogen-bond acceptors (Lipinski definition) is 7. The van der Waals surface area contributed by atoms with Gasteiger partial charge in [0.15, 0.2) is 5.16 Å². The molecule has 0 atom stereocenters. The van der Waals surface area contributed by atoms with Crippen LogP contribution in [0, 0.1) is 0 Å². The van der Waals surface area contributed by atoms with Crippen molar-refractivity contribution in [3.05, 3.63) is 83.2 Å². The van der Waals surface area contributed by atoms with E-state index in [1.165, 1.54) is 30.8 Å². The Morgan fingerprint density at radius 3 is 2.56 bits per heavy atom. The highest BCUT2D eigenvalue weighted by atomic mass is 32.2. The highest BCUT2D eigenvalue weighted by molar-refractivity contribution is 7.99. The first kappa shape index (κ1) is 25.4. The third-order valence-electron chi connectivity index (χ3n) is 5.29. The Balaban J connectivity index is 1.63. The zero-order valence-corrected chi connectivity index (χ0v) is 21.5. The summed E-state index contributed by atoms with van der Waals surface area (Å²) in [5.74, 6) is 0.146. The molecule has 186 valence electrons. The van der Waals surface area contributed by atoms with Crippen LogP contribution in [0.15, 0.2) is 87.6 Å². The summed E-state index contributed by atoms with van der Waals surface area (Å²) in [6.07, 6.45) is 0. The van der Waals surface area contributed by atoms with E-state index in [4.69, 9.17) is 4.74 Å². The van der Waals surface area contributed by atoms with E-state index in [1.54, 1.807) is 67.8 Å². The standard InChI is InChI=1S/C25H24N4O5S2/c1-28(2)36(32,33)20-11-6-8-17(14-20)26-23(30)16-35-25-27-22-13-5-4-12-21(22)24(31)29(25)18-9-7-10-19(15-18)34-3/h4-15H,16H2,1-3H3,(H,26,30). The van der Waals surface area contributed by atoms with Crippen molar-refractivity contribution in [2.45, 2.75) is 10.1 Å². The van der Waals surface area contributed by atoms with Crippen molar-refractivity contribution in [3.63, 3.8) is 0 Å². The lowest BCUT2D eigenvalue weighted by Gasteiger charge is -2.14. The Morgan fingerprint density at radius 1 is 1.06 bits per heavy atom. The van der Waals surface area contributed by atoms with Gasteiger partial charge in [0.1, 0.15) is 5.75 Å². The summed E-state index contributed by atoms with van der Waals surface area (Å²) < 4.78 is 32.7. The molecule has 1 heterocycles. The molecule has 1 aromatic heterocycles. The molecule has 4 rings (SSSR count). The predicted molar refractivity (Wildman–Crippen MR) is 141 cm³/mol. The molecule has 1 amide bonds. The first-order valence-electron chi connectivity index (χ1n) is 10.8. The zero-order valence-electron chi connectivity index (χ0n) is 19.8. The van der Waals surface area contributed by atoms with E-state index in [0.717, 1.165) is 16.1 Å². The number of sulfonamides is 1. The zero-order chi connectivity index (χ0) is 25.9. The normalized spacial score (nSPS) is 11.6. The van der Waals surface area contributed by atoms with Crippen LogP contribution in [0.25, 0.3) is 16.6 Å². The summed E-state index contributed by atoms with van der Waals surface area (Å²) in [6, 6.07) is 20.1. The van der Waals surface area contributed by atoms with Crippen LogP contribution >= 0.6 is 11.8 Å². The van der Waals surface area contributed by atoms with Gasteiger partial charge < -0.3 is 10.1 Å². The van der Waals surface area contributed by atoms with Gasteiger partial charge in [0, 0.05) is 25.8 Å². The number of amides is 1. The number of methoxy groups -OCH3 is 1. The van der Waals surface area contributed by atoms with Gasteiger partial charge >= 0.3 is 0 Å². The van der Waals surface area contributed by atoms with E-state index in [9.17, 15) is 18.0 Å². The molecule has 1 N–H and O–H groups in total. The molecule has 0 aliphatic heterocycles. The maximum Gasteiger partial charge on any atom is 0.266 e. The molecule has 9 nitrogen and oxygen atoms in total. The van der Waals surface area contributed by atoms with Crippen LogP contribution in [0.4, 0.5) is 5.69 Å². The van der Waals surface area contributed by atoms with Crippen LogP contribution in [0.1, 0.15) is 0 Å². The van der Waals surface area contributed by atoms with Gasteiger partial charge in [-0.3, -0.25) is 14.2 Å². The van der Waals surface area contributed by atoms with Gasteiger partial charge in [-0.15, -0.1) is 0 Å². The van der Waals surface area contributed by atoms with E-state index < -0.39 is 10.0 Å². The number of aromatic nitrogens is 2. The third kappa shape index (κ3) is 5.27. The van der Waals surface area contributed by atoms with Crippen molar-refractivity contribution in [3.8, 4) is 11.4 Å². The molecule has 0 saturated carbocycles. The third-order valence-corrected chi connectivity index (χ3v) is 8.03. The molecular formula is C25H24N4O5S2. The molecule has 3 aromatic carbocycles. The molecule has 0 bridgehead atoms. The van der Waals surface area contributed by atoms with Gasteiger partial charge in [-0.1, -0.05) is 36.0 Å². The van der Waals surface area contributed by atoms with Gasteiger partial charge in [0.2, 0.25) is 15.9 Å². The van der Waals surface area contributed by atoms with Crippen molar-refractivity contribution in [1.29, 1.82) is 0 Å². The van der Waals surface area contributed by atoms with Crippen LogP contribution in [0.5, 0.6) is 5.75 Å². The van der Waals surface area contributed by atoms with E-state index in [2.05, 4.69) is 10.3 Å². The van der Waals surface area contributed by atoms with E-state index in [1.807, 2.05) is 0 Å². The van der Waals surface area contributed by atoms with Crippen molar-refractivity contribution < 1.29 is 17.9 Å². The highest BCUT2D eigenvalue weighted by Gasteiger charge is 2.18. The number of nitrogens with one attached hydrogen (secondary N) is 1. The average molecular weight is 525 g/mol. The van der Waals surface area contributed by atoms with Crippen LogP contribution in [-0.4, -0.2) is 55.1 Å². The SMILES string of the molecule is COc1cccc(-n2c(SCC(=O)Nc3cccc(S(=O)(=O)N(C)C)c3)nc3ccccc3c2=O)c1. The number of benzene rings is 3. The number of ether oxygens (including phenoxy) is 1. The fourth-order valence-corrected chi connectivity index (χ4v) is 5.22. The molecule has 0 aliphatic rings. The minimum Gasteiger partial charge on any atom is -0.497 e. The average Bonchev–Trinajstić information content (AvgIpc) is 2.87. The molecule has 4 aromatic rings. The van der Waals surface area contributed by atoms with E-state index in [-0.39, 0.29) is 22.1 Å². The number of carbonyl (C=O) groups is 1. The molecule has 11 heteroatoms. The minimum absolute atomic E-state index is 0.0561. The van der Waals surface area contributed by atoms with Crippen LogP contribution in [0.2, 0.25) is 0 Å². The second-order valence-electron chi connectivity index (χ2n) is 7.91. The predicted octanol–water partition coefficient (Wildman–Crippen LogP) is 3.38. The molecule has 0 spiro atoms. The lowest BCUT2D eigenvalue weighted by Crippen LogP contribution is -2.23. The Morgan fingerprint density at radius 2 is 1.81 bits per heavy atom. The Labute approximate surface area is 212 Å². The first-order chi connectivity index (χ1) is 17.2. The summed E-state index contributed by atoms with van der Waals surface area (Å²) in [6.45, 7) is 0. The van der Waals surface area contributed by atoms with E-state index >= 15 is 0 Å². The second-order valence-corrected chi connectivity index (χ2v) is 11.0. The number of rotatable bonds is 8. The molecular weight excluding hydrogens is 500 g/mol. The minimum atomic E-state index is -3.64. The number of hydrogen-bond donors (Lipinski definition) is 1. The number of para-hydroxylation sites is 1. The smallest absolute Gasteiger partial charge is 0.266 e. The number of nitrogens with zero attached hydrogens (tertiary/aromatic N) is 3. The fraction of sp³-hybridized carbons (Fsp3) is 0.160. The van der Waals surface area contributed by atoms with Crippen molar-refractivity contribution in [2.24, 2.45) is 0 Å². The first-order valence-corrected chi connectivity index (χ1v) is 13.2. The maximum atomic E-state index is 13.4. The fourth-order valence-electron chi connectivity index (χ4n) is 3.46. The molecule has 0 aliphatic carbocycles. The molecule has 0 fully saturated rings. The Kier molecular flexibility index (Phi) is 7.43. The monoisotopic (exact) mass is 524 g/mol. The molecule has 0 unspecified atom stereocenters. The van der Waals surface area contributed by atoms with Crippen LogP contribution in [0.3, 0.4) is 0 Å². The quantitative estimate of drug-likeness (QED) is 0.278. The van der Waals surface area contributed by atoms with Crippen molar-refractivity contribution in [1.82, 2.24) is 13.9 Å². The van der Waals surface area contributed by atoms with Crippen molar-refractivity contribution in [2.75, 3.05) is 32.3 Å². The molecule has 36 heavy (non-hydrogen) atoms. The lowest BCUT2D eigenvalue weighted by molar-refractivity contribution is -0.113. The number of anilines is 1. The Bertz CT molecular complexity index is 1600. The summed E-state index contributed by atoms with van der Waals surface area (Å²) in [5.41, 5.74) is 1.16. The Hall–Kier alpha value is -3.67. The topological polar surface area (TPSA) is 111 Å². The van der Waals surface area contributed by atoms with Gasteiger partial charge in [-0.05, 0) is 42.5 Å². The molecule has 0 saturated heterocycles. The second kappa shape index (κ2) is 10.5. The van der Waals surface area contributed by atoms with Crippen LogP contribution < -0.4 is 15.6 Å².